The number of thioether (sulfide) groups is 1. The topological polar surface area (TPSA) is 190 Å². The van der Waals surface area contributed by atoms with Crippen LogP contribution in [0.2, 0.25) is 0 Å². The number of aromatic nitrogens is 2. The number of quaternary nitrogens is 1. The summed E-state index contributed by atoms with van der Waals surface area (Å²) in [5, 5.41) is 16.1. The molecule has 4 rings (SSSR count). The van der Waals surface area contributed by atoms with Gasteiger partial charge in [-0.1, -0.05) is 5.16 Å². The molecular weight excluding hydrogens is 576 g/mol. The number of β-lactam (4-membered cyclic amide) rings is 1. The number of hydrogen-bond acceptors (Lipinski definition) is 12. The van der Waals surface area contributed by atoms with Crippen LogP contribution in [0.4, 0.5) is 9.93 Å². The molecule has 15 nitrogen and oxygen atoms in total. The van der Waals surface area contributed by atoms with Crippen LogP contribution in [0.25, 0.3) is 0 Å². The number of nitrogen functional groups attached to an aromatic ring is 1. The fourth-order valence-corrected chi connectivity index (χ4v) is 6.50. The Morgan fingerprint density at radius 3 is 2.51 bits per heavy atom. The standard InChI is InChI=1S/C24H34N8O7S2/c1-6-38-28-14(17-27-22(25)41-29-17)18(33)26-15-19(34)31-16(21(35)36)13(12-40-20(15)31)11-32(5)9-7-30(8-10-32)23(37)39-24(2,3)4/h15,20H,6-12H2,1-5H3,(H3-,25,26,27,29,33,35,36)/p+1/t15-,20+/m1/s1. The molecule has 2 fully saturated rings. The van der Waals surface area contributed by atoms with Crippen LogP contribution in [0.5, 0.6) is 0 Å². The second-order valence-electron chi connectivity index (χ2n) is 11.1. The van der Waals surface area contributed by atoms with Crippen molar-refractivity contribution in [3.8, 4) is 0 Å². The lowest BCUT2D eigenvalue weighted by Gasteiger charge is -2.50. The van der Waals surface area contributed by atoms with Crippen LogP contribution in [-0.4, -0.2) is 127 Å². The normalized spacial score (nSPS) is 22.6. The van der Waals surface area contributed by atoms with Crippen molar-refractivity contribution in [2.24, 2.45) is 5.16 Å². The number of carboxylic acid groups (broad SMARTS) is 1. The summed E-state index contributed by atoms with van der Waals surface area (Å²) in [6.45, 7) is 9.89. The Hall–Kier alpha value is -3.44. The maximum atomic E-state index is 13.2. The molecule has 0 bridgehead atoms. The molecule has 0 aliphatic carbocycles. The summed E-state index contributed by atoms with van der Waals surface area (Å²) in [7, 11) is 2.01. The smallest absolute Gasteiger partial charge is 0.410 e. The van der Waals surface area contributed by atoms with Gasteiger partial charge in [-0.25, -0.2) is 9.59 Å². The zero-order valence-corrected chi connectivity index (χ0v) is 25.2. The monoisotopic (exact) mass is 611 g/mol. The summed E-state index contributed by atoms with van der Waals surface area (Å²) in [5.74, 6) is -2.14. The number of nitrogens with two attached hydrogens (primary N) is 1. The highest BCUT2D eigenvalue weighted by Crippen LogP contribution is 2.41. The summed E-state index contributed by atoms with van der Waals surface area (Å²) in [4.78, 5) is 63.0. The van der Waals surface area contributed by atoms with Crippen molar-refractivity contribution in [1.82, 2.24) is 24.5 Å². The van der Waals surface area contributed by atoms with Crippen molar-refractivity contribution in [3.63, 3.8) is 0 Å². The molecule has 0 spiro atoms. The van der Waals surface area contributed by atoms with Crippen LogP contribution in [0, 0.1) is 0 Å². The first-order valence-corrected chi connectivity index (χ1v) is 14.9. The van der Waals surface area contributed by atoms with Gasteiger partial charge in [-0.05, 0) is 27.7 Å². The Balaban J connectivity index is 1.44. The van der Waals surface area contributed by atoms with Crippen LogP contribution in [-0.2, 0) is 24.0 Å². The van der Waals surface area contributed by atoms with Crippen LogP contribution in [0.15, 0.2) is 16.4 Å². The molecule has 0 unspecified atom stereocenters. The molecule has 0 saturated carbocycles. The Labute approximate surface area is 245 Å². The minimum absolute atomic E-state index is 0.0319. The van der Waals surface area contributed by atoms with Crippen molar-refractivity contribution < 1.29 is 38.3 Å². The number of aliphatic carboxylic acids is 1. The highest BCUT2D eigenvalue weighted by Gasteiger charge is 2.55. The third-order valence-corrected chi connectivity index (χ3v) is 8.62. The van der Waals surface area contributed by atoms with Crippen molar-refractivity contribution in [2.75, 3.05) is 57.9 Å². The number of fused-ring (bicyclic) bond motifs is 1. The molecule has 17 heteroatoms. The number of likely N-dealkylation sites (N-methyl/N-ethyl adjacent to an activating group) is 1. The van der Waals surface area contributed by atoms with Crippen molar-refractivity contribution in [1.29, 1.82) is 0 Å². The number of oxime groups is 1. The van der Waals surface area contributed by atoms with Crippen molar-refractivity contribution >= 4 is 58.0 Å². The van der Waals surface area contributed by atoms with Gasteiger partial charge in [0.1, 0.15) is 35.9 Å². The molecule has 41 heavy (non-hydrogen) atoms. The van der Waals surface area contributed by atoms with Crippen LogP contribution in [0.1, 0.15) is 33.5 Å². The quantitative estimate of drug-likeness (QED) is 0.159. The number of nitrogens with one attached hydrogen (secondary N) is 1. The minimum Gasteiger partial charge on any atom is -0.477 e. The molecule has 224 valence electrons. The molecular formula is C24H35N8O7S2+. The minimum atomic E-state index is -1.21. The first kappa shape index (κ1) is 30.5. The van der Waals surface area contributed by atoms with Gasteiger partial charge in [0.25, 0.3) is 11.8 Å². The Kier molecular flexibility index (Phi) is 8.79. The van der Waals surface area contributed by atoms with Crippen LogP contribution < -0.4 is 11.1 Å². The molecule has 0 radical (unpaired) electrons. The summed E-state index contributed by atoms with van der Waals surface area (Å²) < 4.78 is 9.99. The van der Waals surface area contributed by atoms with Crippen molar-refractivity contribution in [2.45, 2.75) is 44.7 Å². The zero-order valence-electron chi connectivity index (χ0n) is 23.6. The molecule has 3 amide bonds. The summed E-state index contributed by atoms with van der Waals surface area (Å²) >= 11 is 2.26. The van der Waals surface area contributed by atoms with E-state index in [1.165, 1.54) is 16.7 Å². The van der Waals surface area contributed by atoms with E-state index >= 15 is 0 Å². The first-order chi connectivity index (χ1) is 19.2. The number of rotatable bonds is 8. The second kappa shape index (κ2) is 11.8. The highest BCUT2D eigenvalue weighted by atomic mass is 32.2. The maximum absolute atomic E-state index is 13.2. The van der Waals surface area contributed by atoms with E-state index in [4.69, 9.17) is 15.3 Å². The number of hydrogen-bond donors (Lipinski definition) is 3. The molecule has 1 aromatic heterocycles. The molecule has 2 atom stereocenters. The van der Waals surface area contributed by atoms with Crippen molar-refractivity contribution in [3.05, 3.63) is 17.1 Å². The lowest BCUT2D eigenvalue weighted by Crippen LogP contribution is -2.71. The lowest BCUT2D eigenvalue weighted by molar-refractivity contribution is -0.908. The third kappa shape index (κ3) is 6.73. The van der Waals surface area contributed by atoms with E-state index in [1.807, 2.05) is 27.8 Å². The van der Waals surface area contributed by atoms with Gasteiger partial charge in [0.05, 0.1) is 33.2 Å². The van der Waals surface area contributed by atoms with Gasteiger partial charge in [0, 0.05) is 22.9 Å². The number of piperazine rings is 1. The Morgan fingerprint density at radius 1 is 1.27 bits per heavy atom. The second-order valence-corrected chi connectivity index (χ2v) is 13.0. The summed E-state index contributed by atoms with van der Waals surface area (Å²) in [6.07, 6.45) is -0.368. The molecule has 4 N–H and O–H groups in total. The van der Waals surface area contributed by atoms with Crippen LogP contribution in [0.3, 0.4) is 0 Å². The predicted octanol–water partition coefficient (Wildman–Crippen LogP) is 0.297. The number of carbonyl (C=O) groups excluding carboxylic acids is 3. The fraction of sp³-hybridized carbons (Fsp3) is 0.625. The maximum Gasteiger partial charge on any atom is 0.410 e. The van der Waals surface area contributed by atoms with E-state index in [1.54, 1.807) is 11.8 Å². The highest BCUT2D eigenvalue weighted by molar-refractivity contribution is 8.00. The van der Waals surface area contributed by atoms with E-state index < -0.39 is 34.8 Å². The number of amides is 3. The van der Waals surface area contributed by atoms with Gasteiger partial charge in [0.15, 0.2) is 5.13 Å². The Morgan fingerprint density at radius 2 is 1.95 bits per heavy atom. The summed E-state index contributed by atoms with van der Waals surface area (Å²) in [6, 6.07) is -0.964. The molecule has 2 saturated heterocycles. The van der Waals surface area contributed by atoms with Crippen LogP contribution >= 0.6 is 23.3 Å². The molecule has 3 aliphatic rings. The lowest BCUT2D eigenvalue weighted by atomic mass is 10.0. The largest absolute Gasteiger partial charge is 0.477 e. The van der Waals surface area contributed by atoms with Gasteiger partial charge >= 0.3 is 12.1 Å². The number of carbonyl (C=O) groups is 4. The van der Waals surface area contributed by atoms with Gasteiger partial charge < -0.3 is 30.2 Å². The molecule has 1 aromatic rings. The van der Waals surface area contributed by atoms with E-state index in [9.17, 15) is 24.3 Å². The summed E-state index contributed by atoms with van der Waals surface area (Å²) in [5.41, 5.74) is 5.39. The van der Waals surface area contributed by atoms with Gasteiger partial charge in [-0.3, -0.25) is 19.4 Å². The number of carboxylic acids is 1. The predicted molar refractivity (Wildman–Crippen MR) is 151 cm³/mol. The molecule has 0 aromatic carbocycles. The van der Waals surface area contributed by atoms with Gasteiger partial charge in [0.2, 0.25) is 11.5 Å². The first-order valence-electron chi connectivity index (χ1n) is 13.0. The number of anilines is 1. The fourth-order valence-electron chi connectivity index (χ4n) is 4.73. The average molecular weight is 612 g/mol. The van der Waals surface area contributed by atoms with E-state index in [0.717, 1.165) is 11.5 Å². The number of nitrogens with zero attached hydrogens (tertiary/aromatic N) is 6. The number of ether oxygens (including phenoxy) is 1. The van der Waals surface area contributed by atoms with Gasteiger partial charge in [-0.15, -0.1) is 11.8 Å². The zero-order chi connectivity index (χ0) is 30.1. The molecule has 3 aliphatic heterocycles. The van der Waals surface area contributed by atoms with E-state index in [0.29, 0.717) is 48.5 Å². The van der Waals surface area contributed by atoms with E-state index in [-0.39, 0.29) is 35.1 Å². The third-order valence-electron chi connectivity index (χ3n) is 6.73. The average Bonchev–Trinajstić information content (AvgIpc) is 3.32. The Bertz CT molecular complexity index is 1280. The van der Waals surface area contributed by atoms with Gasteiger partial charge in [-0.2, -0.15) is 9.36 Å². The van der Waals surface area contributed by atoms with E-state index in [2.05, 4.69) is 19.8 Å². The molecule has 4 heterocycles. The SMILES string of the molecule is CCON=C(C(=O)N[C@@H]1C(=O)N2C(C(=O)O)=C(C[N+]3(C)CCN(C(=O)OC(C)(C)C)CC3)CS[C@@H]12)c1nsc(N)n1.